The lowest BCUT2D eigenvalue weighted by atomic mass is 9.49. The Morgan fingerprint density at radius 2 is 1.43 bits per heavy atom. The topological polar surface area (TPSA) is 125 Å². The minimum absolute atomic E-state index is 0.0182. The van der Waals surface area contributed by atoms with Crippen molar-refractivity contribution in [1.29, 1.82) is 0 Å². The average Bonchev–Trinajstić information content (AvgIpc) is 3.57. The van der Waals surface area contributed by atoms with Crippen LogP contribution in [0.4, 0.5) is 0 Å². The van der Waals surface area contributed by atoms with Gasteiger partial charge in [-0.05, 0) is 123 Å². The van der Waals surface area contributed by atoms with Crippen molar-refractivity contribution >= 4 is 29.4 Å². The molecule has 1 saturated heterocycles. The summed E-state index contributed by atoms with van der Waals surface area (Å²) in [5.74, 6) is 0.707. The summed E-state index contributed by atoms with van der Waals surface area (Å²) in [6, 6.07) is -2.27. The number of ketones is 1. The van der Waals surface area contributed by atoms with Crippen molar-refractivity contribution in [3.05, 3.63) is 0 Å². The number of hydrogen-bond acceptors (Lipinski definition) is 5. The Kier molecular flexibility index (Phi) is 8.99. The molecule has 9 nitrogen and oxygen atoms in total. The predicted molar refractivity (Wildman–Crippen MR) is 178 cm³/mol. The molecule has 4 bridgehead atoms. The average molecular weight is 651 g/mol. The van der Waals surface area contributed by atoms with E-state index >= 15 is 0 Å². The first kappa shape index (κ1) is 33.1. The molecule has 7 aliphatic carbocycles. The number of likely N-dealkylation sites (tertiary alicyclic amines) is 1. The van der Waals surface area contributed by atoms with Gasteiger partial charge in [0.1, 0.15) is 18.1 Å². The van der Waals surface area contributed by atoms with Gasteiger partial charge in [0.15, 0.2) is 0 Å². The zero-order valence-electron chi connectivity index (χ0n) is 29.0. The van der Waals surface area contributed by atoms with Gasteiger partial charge in [0.05, 0.1) is 0 Å². The maximum absolute atomic E-state index is 14.6. The summed E-state index contributed by atoms with van der Waals surface area (Å²) in [5.41, 5.74) is -0.474. The summed E-state index contributed by atoms with van der Waals surface area (Å²) in [5, 5.41) is 9.12. The molecule has 5 atom stereocenters. The number of nitrogens with zero attached hydrogens (tertiary/aromatic N) is 1. The molecule has 260 valence electrons. The molecule has 3 N–H and O–H groups in total. The van der Waals surface area contributed by atoms with Crippen LogP contribution in [0.5, 0.6) is 0 Å². The Morgan fingerprint density at radius 3 is 2.02 bits per heavy atom. The van der Waals surface area contributed by atoms with Crippen LogP contribution in [0.15, 0.2) is 0 Å². The van der Waals surface area contributed by atoms with Crippen molar-refractivity contribution in [3.63, 3.8) is 0 Å². The minimum atomic E-state index is -0.877. The van der Waals surface area contributed by atoms with Gasteiger partial charge in [-0.2, -0.15) is 0 Å². The van der Waals surface area contributed by atoms with Gasteiger partial charge in [-0.1, -0.05) is 46.5 Å². The van der Waals surface area contributed by atoms with Crippen LogP contribution in [-0.4, -0.2) is 65.0 Å². The number of rotatable bonds is 10. The van der Waals surface area contributed by atoms with E-state index in [1.54, 1.807) is 4.90 Å². The number of carbonyl (C=O) groups excluding carboxylic acids is 5. The van der Waals surface area contributed by atoms with Crippen LogP contribution in [-0.2, 0) is 24.0 Å². The first-order valence-corrected chi connectivity index (χ1v) is 19.1. The van der Waals surface area contributed by atoms with Crippen molar-refractivity contribution in [2.75, 3.05) is 6.54 Å². The third-order valence-electron chi connectivity index (χ3n) is 13.4. The second-order valence-corrected chi connectivity index (χ2v) is 18.2. The van der Waals surface area contributed by atoms with E-state index < -0.39 is 35.2 Å². The van der Waals surface area contributed by atoms with E-state index in [-0.39, 0.29) is 46.9 Å². The molecule has 0 aromatic rings. The number of nitrogens with one attached hydrogen (secondary N) is 3. The van der Waals surface area contributed by atoms with Crippen LogP contribution in [0.2, 0.25) is 0 Å². The van der Waals surface area contributed by atoms with Gasteiger partial charge < -0.3 is 20.9 Å². The highest BCUT2D eigenvalue weighted by Crippen LogP contribution is 2.61. The van der Waals surface area contributed by atoms with E-state index in [0.29, 0.717) is 13.0 Å². The maximum Gasteiger partial charge on any atom is 0.289 e. The Balaban J connectivity index is 1.08. The fraction of sp³-hybridized carbons (Fsp3) is 0.868. The van der Waals surface area contributed by atoms with Gasteiger partial charge in [-0.3, -0.25) is 24.0 Å². The first-order chi connectivity index (χ1) is 22.4. The normalized spacial score (nSPS) is 36.0. The molecular formula is C38H58N4O5. The molecule has 0 unspecified atom stereocenters. The summed E-state index contributed by atoms with van der Waals surface area (Å²) in [4.78, 5) is 71.0. The Bertz CT molecular complexity index is 1230. The molecule has 47 heavy (non-hydrogen) atoms. The lowest BCUT2D eigenvalue weighted by Crippen LogP contribution is -2.61. The van der Waals surface area contributed by atoms with E-state index in [4.69, 9.17) is 0 Å². The predicted octanol–water partition coefficient (Wildman–Crippen LogP) is 4.66. The van der Waals surface area contributed by atoms with Crippen LogP contribution in [0.3, 0.4) is 0 Å². The number of carbonyl (C=O) groups is 5. The molecule has 1 aliphatic heterocycles. The molecule has 0 aromatic heterocycles. The third-order valence-corrected chi connectivity index (χ3v) is 13.4. The zero-order chi connectivity index (χ0) is 33.1. The van der Waals surface area contributed by atoms with Crippen molar-refractivity contribution in [1.82, 2.24) is 20.9 Å². The zero-order valence-corrected chi connectivity index (χ0v) is 29.0. The van der Waals surface area contributed by atoms with Crippen LogP contribution in [0.25, 0.3) is 0 Å². The van der Waals surface area contributed by atoms with Gasteiger partial charge in [0.2, 0.25) is 23.5 Å². The van der Waals surface area contributed by atoms with E-state index in [9.17, 15) is 24.0 Å². The van der Waals surface area contributed by atoms with Gasteiger partial charge in [-0.25, -0.2) is 0 Å². The van der Waals surface area contributed by atoms with Crippen LogP contribution in [0, 0.1) is 46.3 Å². The molecule has 9 heteroatoms. The molecular weight excluding hydrogens is 592 g/mol. The maximum atomic E-state index is 14.6. The summed E-state index contributed by atoms with van der Waals surface area (Å²) in [6.07, 6.45) is 17.1. The lowest BCUT2D eigenvalue weighted by Gasteiger charge is -2.56. The fourth-order valence-corrected chi connectivity index (χ4v) is 11.5. The quantitative estimate of drug-likeness (QED) is 0.297. The number of hydrogen-bond donors (Lipinski definition) is 3. The summed E-state index contributed by atoms with van der Waals surface area (Å²) in [7, 11) is 0. The van der Waals surface area contributed by atoms with Gasteiger partial charge in [0.25, 0.3) is 5.91 Å². The number of Topliss-reactive ketones (excluding diaryl/α,β-unsaturated/α-hetero) is 1. The monoisotopic (exact) mass is 650 g/mol. The second-order valence-electron chi connectivity index (χ2n) is 18.2. The molecule has 0 spiro atoms. The molecule has 4 amide bonds. The smallest absolute Gasteiger partial charge is 0.289 e. The molecule has 0 aromatic carbocycles. The van der Waals surface area contributed by atoms with Crippen molar-refractivity contribution in [2.24, 2.45) is 46.3 Å². The Morgan fingerprint density at radius 1 is 0.787 bits per heavy atom. The number of fused-ring (bicyclic) bond motifs is 1. The van der Waals surface area contributed by atoms with Crippen molar-refractivity contribution < 1.29 is 24.0 Å². The van der Waals surface area contributed by atoms with E-state index in [2.05, 4.69) is 16.0 Å². The van der Waals surface area contributed by atoms with Gasteiger partial charge in [-0.15, -0.1) is 0 Å². The summed E-state index contributed by atoms with van der Waals surface area (Å²) < 4.78 is 0. The Labute approximate surface area is 280 Å². The molecule has 7 saturated carbocycles. The largest absolute Gasteiger partial charge is 0.347 e. The van der Waals surface area contributed by atoms with Crippen LogP contribution >= 0.6 is 0 Å². The SMILES string of the molecule is CC(C)(C)[C@H](NC(=O)CC12CC3CC(CC(C3)C1)C2)C(=O)N1C[C@@H]2CCC[C@@H]2[C@H]1C(=O)N[C@H](C(=O)C(=O)NC1CC1)C1CCCCC1. The standard InChI is InChI=1S/C38H58N4O5/c1-37(2,3)33(40-29(43)20-38-17-22-14-23(18-38)16-24(15-22)19-38)36(47)42-21-26-10-7-11-28(26)31(42)34(45)41-30(25-8-5-4-6-9-25)32(44)35(46)39-27-12-13-27/h22-28,30-31,33H,4-21H2,1-3H3,(H,39,46)(H,40,43)(H,41,45)/t22?,23?,24?,26-,28-,30-,31-,33+,38?/m0/s1. The van der Waals surface area contributed by atoms with Gasteiger partial charge >= 0.3 is 0 Å². The number of amides is 4. The molecule has 1 heterocycles. The summed E-state index contributed by atoms with van der Waals surface area (Å²) in [6.45, 7) is 6.46. The molecule has 8 fully saturated rings. The third kappa shape index (κ3) is 6.88. The fourth-order valence-electron chi connectivity index (χ4n) is 11.5. The van der Waals surface area contributed by atoms with E-state index in [0.717, 1.165) is 101 Å². The van der Waals surface area contributed by atoms with Gasteiger partial charge in [0, 0.05) is 19.0 Å². The van der Waals surface area contributed by atoms with Crippen LogP contribution in [0.1, 0.15) is 130 Å². The lowest BCUT2D eigenvalue weighted by molar-refractivity contribution is -0.147. The highest BCUT2D eigenvalue weighted by Gasteiger charge is 2.54. The van der Waals surface area contributed by atoms with Crippen molar-refractivity contribution in [3.8, 4) is 0 Å². The molecule has 8 rings (SSSR count). The Hall–Kier alpha value is -2.45. The van der Waals surface area contributed by atoms with E-state index in [1.165, 1.54) is 19.3 Å². The molecule has 8 aliphatic rings. The summed E-state index contributed by atoms with van der Waals surface area (Å²) >= 11 is 0. The second kappa shape index (κ2) is 12.8. The van der Waals surface area contributed by atoms with Crippen LogP contribution < -0.4 is 16.0 Å². The highest BCUT2D eigenvalue weighted by molar-refractivity contribution is 6.38. The first-order valence-electron chi connectivity index (χ1n) is 19.1. The molecule has 0 radical (unpaired) electrons. The minimum Gasteiger partial charge on any atom is -0.347 e. The highest BCUT2D eigenvalue weighted by atomic mass is 16.2. The van der Waals surface area contributed by atoms with Crippen molar-refractivity contribution in [2.45, 2.75) is 154 Å². The van der Waals surface area contributed by atoms with E-state index in [1.807, 2.05) is 20.8 Å².